The summed E-state index contributed by atoms with van der Waals surface area (Å²) >= 11 is 0. The van der Waals surface area contributed by atoms with E-state index in [0.717, 1.165) is 17.8 Å². The Hall–Kier alpha value is -2.23. The molecule has 3 N–H and O–H groups in total. The van der Waals surface area contributed by atoms with Gasteiger partial charge in [0.15, 0.2) is 0 Å². The molecule has 88 valence electrons. The molecule has 2 rings (SSSR count). The van der Waals surface area contributed by atoms with E-state index in [-0.39, 0.29) is 11.3 Å². The predicted molar refractivity (Wildman–Crippen MR) is 68.9 cm³/mol. The molecular weight excluding hydrogens is 216 g/mol. The molecule has 1 aromatic carbocycles. The van der Waals surface area contributed by atoms with Crippen LogP contribution in [0, 0.1) is 0 Å². The SMILES string of the molecule is C=C(NCC)c1ccc2c(O)c[nH]c(=O)c2c1. The Morgan fingerprint density at radius 1 is 1.47 bits per heavy atom. The summed E-state index contributed by atoms with van der Waals surface area (Å²) in [5.74, 6) is 0.0696. The molecule has 0 aliphatic heterocycles. The standard InChI is InChI=1S/C13H14N2O2/c1-3-14-8(2)9-4-5-10-11(6-9)13(17)15-7-12(10)16/h4-7,14,16H,2-3H2,1H3,(H,15,17). The maximum absolute atomic E-state index is 11.6. The summed E-state index contributed by atoms with van der Waals surface area (Å²) in [5, 5.41) is 13.7. The molecule has 0 spiro atoms. The molecule has 4 heteroatoms. The lowest BCUT2D eigenvalue weighted by Gasteiger charge is -2.08. The van der Waals surface area contributed by atoms with Gasteiger partial charge in [0.2, 0.25) is 0 Å². The molecule has 0 atom stereocenters. The van der Waals surface area contributed by atoms with Crippen LogP contribution in [0.25, 0.3) is 16.5 Å². The van der Waals surface area contributed by atoms with Gasteiger partial charge in [0, 0.05) is 23.8 Å². The van der Waals surface area contributed by atoms with Crippen LogP contribution in [0.3, 0.4) is 0 Å². The van der Waals surface area contributed by atoms with Gasteiger partial charge in [-0.2, -0.15) is 0 Å². The van der Waals surface area contributed by atoms with E-state index in [4.69, 9.17) is 0 Å². The number of aromatic hydroxyl groups is 1. The van der Waals surface area contributed by atoms with Gasteiger partial charge >= 0.3 is 0 Å². The number of pyridine rings is 1. The molecule has 0 bridgehead atoms. The highest BCUT2D eigenvalue weighted by atomic mass is 16.3. The van der Waals surface area contributed by atoms with Crippen LogP contribution in [-0.2, 0) is 0 Å². The second kappa shape index (κ2) is 4.33. The highest BCUT2D eigenvalue weighted by Gasteiger charge is 2.06. The van der Waals surface area contributed by atoms with Gasteiger partial charge in [0.25, 0.3) is 5.56 Å². The number of rotatable bonds is 3. The molecule has 0 aliphatic rings. The van der Waals surface area contributed by atoms with E-state index in [9.17, 15) is 9.90 Å². The number of H-pyrrole nitrogens is 1. The van der Waals surface area contributed by atoms with Crippen LogP contribution >= 0.6 is 0 Å². The van der Waals surface area contributed by atoms with Crippen molar-refractivity contribution >= 4 is 16.5 Å². The Morgan fingerprint density at radius 2 is 2.24 bits per heavy atom. The average molecular weight is 230 g/mol. The zero-order valence-electron chi connectivity index (χ0n) is 9.58. The molecule has 1 heterocycles. The predicted octanol–water partition coefficient (Wildman–Crippen LogP) is 1.81. The van der Waals surface area contributed by atoms with E-state index in [2.05, 4.69) is 16.9 Å². The molecule has 0 aliphatic carbocycles. The Bertz CT molecular complexity index is 629. The number of aromatic amines is 1. The zero-order chi connectivity index (χ0) is 12.4. The molecule has 1 aromatic heterocycles. The van der Waals surface area contributed by atoms with Crippen molar-refractivity contribution in [1.29, 1.82) is 0 Å². The van der Waals surface area contributed by atoms with Crippen LogP contribution in [0.4, 0.5) is 0 Å². The average Bonchev–Trinajstić information content (AvgIpc) is 2.34. The summed E-state index contributed by atoms with van der Waals surface area (Å²) < 4.78 is 0. The summed E-state index contributed by atoms with van der Waals surface area (Å²) in [6.07, 6.45) is 1.30. The summed E-state index contributed by atoms with van der Waals surface area (Å²) in [7, 11) is 0. The Morgan fingerprint density at radius 3 is 2.94 bits per heavy atom. The minimum absolute atomic E-state index is 0.0696. The van der Waals surface area contributed by atoms with Crippen molar-refractivity contribution in [3.05, 3.63) is 46.9 Å². The van der Waals surface area contributed by atoms with E-state index in [1.807, 2.05) is 13.0 Å². The quantitative estimate of drug-likeness (QED) is 0.753. The Balaban J connectivity index is 2.62. The smallest absolute Gasteiger partial charge is 0.256 e. The van der Waals surface area contributed by atoms with Crippen molar-refractivity contribution in [1.82, 2.24) is 10.3 Å². The summed E-state index contributed by atoms with van der Waals surface area (Å²) in [4.78, 5) is 14.1. The van der Waals surface area contributed by atoms with E-state index < -0.39 is 0 Å². The number of nitrogens with one attached hydrogen (secondary N) is 2. The first kappa shape index (κ1) is 11.3. The van der Waals surface area contributed by atoms with Gasteiger partial charge < -0.3 is 15.4 Å². The first-order valence-corrected chi connectivity index (χ1v) is 5.41. The van der Waals surface area contributed by atoms with E-state index >= 15 is 0 Å². The van der Waals surface area contributed by atoms with Gasteiger partial charge in [-0.1, -0.05) is 12.6 Å². The Labute approximate surface area is 98.6 Å². The van der Waals surface area contributed by atoms with Gasteiger partial charge in [-0.05, 0) is 24.6 Å². The number of fused-ring (bicyclic) bond motifs is 1. The molecule has 0 saturated carbocycles. The van der Waals surface area contributed by atoms with Gasteiger partial charge in [-0.25, -0.2) is 0 Å². The van der Waals surface area contributed by atoms with Gasteiger partial charge in [-0.3, -0.25) is 4.79 Å². The van der Waals surface area contributed by atoms with Crippen LogP contribution in [-0.4, -0.2) is 16.6 Å². The van der Waals surface area contributed by atoms with Crippen LogP contribution < -0.4 is 10.9 Å². The topological polar surface area (TPSA) is 65.1 Å². The lowest BCUT2D eigenvalue weighted by Crippen LogP contribution is -2.11. The minimum atomic E-state index is -0.219. The van der Waals surface area contributed by atoms with Crippen molar-refractivity contribution in [2.75, 3.05) is 6.54 Å². The fraction of sp³-hybridized carbons (Fsp3) is 0.154. The molecule has 4 nitrogen and oxygen atoms in total. The van der Waals surface area contributed by atoms with Crippen molar-refractivity contribution < 1.29 is 5.11 Å². The van der Waals surface area contributed by atoms with E-state index in [1.54, 1.807) is 12.1 Å². The fourth-order valence-electron chi connectivity index (χ4n) is 1.75. The summed E-state index contributed by atoms with van der Waals surface area (Å²) in [5.41, 5.74) is 1.39. The first-order valence-electron chi connectivity index (χ1n) is 5.41. The molecule has 0 fully saturated rings. The third-order valence-corrected chi connectivity index (χ3v) is 2.62. The highest BCUT2D eigenvalue weighted by Crippen LogP contribution is 2.23. The van der Waals surface area contributed by atoms with Crippen molar-refractivity contribution in [2.24, 2.45) is 0 Å². The fourth-order valence-corrected chi connectivity index (χ4v) is 1.75. The van der Waals surface area contributed by atoms with Gasteiger partial charge in [-0.15, -0.1) is 0 Å². The number of hydrogen-bond acceptors (Lipinski definition) is 3. The second-order valence-electron chi connectivity index (χ2n) is 3.77. The molecule has 0 radical (unpaired) electrons. The molecular formula is C13H14N2O2. The Kier molecular flexibility index (Phi) is 2.87. The summed E-state index contributed by atoms with van der Waals surface area (Å²) in [6.45, 7) is 6.64. The van der Waals surface area contributed by atoms with E-state index in [0.29, 0.717) is 10.8 Å². The monoisotopic (exact) mass is 230 g/mol. The molecule has 0 unspecified atom stereocenters. The van der Waals surface area contributed by atoms with Crippen molar-refractivity contribution in [3.63, 3.8) is 0 Å². The van der Waals surface area contributed by atoms with Gasteiger partial charge in [0.1, 0.15) is 5.75 Å². The maximum Gasteiger partial charge on any atom is 0.256 e. The lowest BCUT2D eigenvalue weighted by atomic mass is 10.1. The third-order valence-electron chi connectivity index (χ3n) is 2.62. The van der Waals surface area contributed by atoms with Crippen LogP contribution in [0.1, 0.15) is 12.5 Å². The van der Waals surface area contributed by atoms with Crippen molar-refractivity contribution in [3.8, 4) is 5.75 Å². The zero-order valence-corrected chi connectivity index (χ0v) is 9.58. The highest BCUT2D eigenvalue weighted by molar-refractivity contribution is 5.89. The second-order valence-corrected chi connectivity index (χ2v) is 3.77. The maximum atomic E-state index is 11.6. The van der Waals surface area contributed by atoms with E-state index in [1.165, 1.54) is 6.20 Å². The van der Waals surface area contributed by atoms with Gasteiger partial charge in [0.05, 0.1) is 5.39 Å². The molecule has 0 amide bonds. The third kappa shape index (κ3) is 2.01. The van der Waals surface area contributed by atoms with Crippen LogP contribution in [0.15, 0.2) is 35.8 Å². The van der Waals surface area contributed by atoms with Crippen LogP contribution in [0.5, 0.6) is 5.75 Å². The van der Waals surface area contributed by atoms with Crippen LogP contribution in [0.2, 0.25) is 0 Å². The number of hydrogen-bond donors (Lipinski definition) is 3. The van der Waals surface area contributed by atoms with Crippen molar-refractivity contribution in [2.45, 2.75) is 6.92 Å². The normalized spacial score (nSPS) is 10.4. The minimum Gasteiger partial charge on any atom is -0.506 e. The largest absolute Gasteiger partial charge is 0.506 e. The number of benzene rings is 1. The summed E-state index contributed by atoms with van der Waals surface area (Å²) in [6, 6.07) is 5.27. The molecule has 17 heavy (non-hydrogen) atoms. The first-order chi connectivity index (χ1) is 8.13. The lowest BCUT2D eigenvalue weighted by molar-refractivity contribution is 0.479. The number of aromatic nitrogens is 1. The molecule has 2 aromatic rings. The molecule has 0 saturated heterocycles.